The van der Waals surface area contributed by atoms with Gasteiger partial charge in [-0.05, 0) is 6.92 Å². The summed E-state index contributed by atoms with van der Waals surface area (Å²) in [6, 6.07) is 11.6. The number of hydrogen-bond acceptors (Lipinski definition) is 0. The standard InChI is InChI=1S/C12H18N2/c1-11-9-14(8-7-13-11)10-12-5-3-2-4-6-12/h2-6,11,13H,7-10H2,1H3/p+2/t11-/m1/s1. The molecule has 1 saturated heterocycles. The van der Waals surface area contributed by atoms with Crippen molar-refractivity contribution >= 4 is 0 Å². The second-order valence-corrected chi connectivity index (χ2v) is 4.37. The Morgan fingerprint density at radius 1 is 1.36 bits per heavy atom. The van der Waals surface area contributed by atoms with E-state index in [-0.39, 0.29) is 0 Å². The van der Waals surface area contributed by atoms with Crippen molar-refractivity contribution in [1.29, 1.82) is 0 Å². The minimum atomic E-state index is 0.794. The zero-order valence-electron chi connectivity index (χ0n) is 8.87. The van der Waals surface area contributed by atoms with E-state index in [1.165, 1.54) is 31.7 Å². The third-order valence-corrected chi connectivity index (χ3v) is 2.97. The average molecular weight is 192 g/mol. The first-order valence-electron chi connectivity index (χ1n) is 5.55. The quantitative estimate of drug-likeness (QED) is 0.602. The van der Waals surface area contributed by atoms with Gasteiger partial charge in [-0.25, -0.2) is 0 Å². The number of benzene rings is 1. The van der Waals surface area contributed by atoms with Gasteiger partial charge in [-0.2, -0.15) is 0 Å². The molecular weight excluding hydrogens is 172 g/mol. The zero-order chi connectivity index (χ0) is 9.80. The highest BCUT2D eigenvalue weighted by Gasteiger charge is 2.21. The van der Waals surface area contributed by atoms with Crippen molar-refractivity contribution in [2.24, 2.45) is 0 Å². The van der Waals surface area contributed by atoms with Gasteiger partial charge in [-0.1, -0.05) is 30.3 Å². The molecule has 0 amide bonds. The maximum Gasteiger partial charge on any atom is 0.133 e. The Hall–Kier alpha value is -0.860. The Balaban J connectivity index is 1.91. The molecule has 1 unspecified atom stereocenters. The molecule has 76 valence electrons. The van der Waals surface area contributed by atoms with Crippen LogP contribution in [-0.4, -0.2) is 25.7 Å². The van der Waals surface area contributed by atoms with E-state index in [4.69, 9.17) is 0 Å². The third kappa shape index (κ3) is 2.56. The Morgan fingerprint density at radius 3 is 2.86 bits per heavy atom. The van der Waals surface area contributed by atoms with Crippen LogP contribution in [-0.2, 0) is 6.54 Å². The van der Waals surface area contributed by atoms with E-state index in [1.807, 2.05) is 0 Å². The summed E-state index contributed by atoms with van der Waals surface area (Å²) < 4.78 is 0. The summed E-state index contributed by atoms with van der Waals surface area (Å²) in [5.74, 6) is 0. The first-order chi connectivity index (χ1) is 6.84. The lowest BCUT2D eigenvalue weighted by Gasteiger charge is -2.26. The van der Waals surface area contributed by atoms with Gasteiger partial charge in [0.05, 0.1) is 0 Å². The van der Waals surface area contributed by atoms with Crippen LogP contribution in [0.25, 0.3) is 0 Å². The van der Waals surface area contributed by atoms with Gasteiger partial charge in [-0.15, -0.1) is 0 Å². The number of rotatable bonds is 2. The van der Waals surface area contributed by atoms with Crippen LogP contribution in [0.1, 0.15) is 12.5 Å². The van der Waals surface area contributed by atoms with Gasteiger partial charge in [0.1, 0.15) is 32.2 Å². The second-order valence-electron chi connectivity index (χ2n) is 4.37. The van der Waals surface area contributed by atoms with E-state index in [0.29, 0.717) is 0 Å². The average Bonchev–Trinajstić information content (AvgIpc) is 2.19. The minimum Gasteiger partial charge on any atom is -0.335 e. The molecule has 2 heteroatoms. The van der Waals surface area contributed by atoms with Gasteiger partial charge in [0.25, 0.3) is 0 Å². The number of nitrogens with two attached hydrogens (primary N) is 1. The van der Waals surface area contributed by atoms with Gasteiger partial charge in [0, 0.05) is 5.56 Å². The Labute approximate surface area is 85.9 Å². The van der Waals surface area contributed by atoms with Crippen LogP contribution in [0.4, 0.5) is 0 Å². The molecule has 1 fully saturated rings. The molecule has 1 heterocycles. The van der Waals surface area contributed by atoms with E-state index >= 15 is 0 Å². The van der Waals surface area contributed by atoms with Gasteiger partial charge >= 0.3 is 0 Å². The van der Waals surface area contributed by atoms with Crippen molar-refractivity contribution in [3.8, 4) is 0 Å². The van der Waals surface area contributed by atoms with Crippen molar-refractivity contribution in [2.75, 3.05) is 19.6 Å². The van der Waals surface area contributed by atoms with Crippen LogP contribution < -0.4 is 10.2 Å². The van der Waals surface area contributed by atoms with E-state index in [9.17, 15) is 0 Å². The van der Waals surface area contributed by atoms with Crippen molar-refractivity contribution in [3.63, 3.8) is 0 Å². The molecule has 1 aromatic carbocycles. The molecule has 0 spiro atoms. The van der Waals surface area contributed by atoms with Crippen LogP contribution in [0.2, 0.25) is 0 Å². The van der Waals surface area contributed by atoms with E-state index < -0.39 is 0 Å². The molecule has 1 aliphatic rings. The third-order valence-electron chi connectivity index (χ3n) is 2.97. The fraction of sp³-hybridized carbons (Fsp3) is 0.500. The molecule has 0 aromatic heterocycles. The van der Waals surface area contributed by atoms with Crippen LogP contribution in [0.3, 0.4) is 0 Å². The van der Waals surface area contributed by atoms with Crippen LogP contribution in [0.5, 0.6) is 0 Å². The maximum atomic E-state index is 2.45. The Kier molecular flexibility index (Phi) is 3.17. The lowest BCUT2D eigenvalue weighted by Crippen LogP contribution is -3.21. The molecule has 14 heavy (non-hydrogen) atoms. The number of hydrogen-bond donors (Lipinski definition) is 2. The van der Waals surface area contributed by atoms with Crippen molar-refractivity contribution in [2.45, 2.75) is 19.5 Å². The molecule has 0 saturated carbocycles. The lowest BCUT2D eigenvalue weighted by atomic mass is 10.2. The first kappa shape index (κ1) is 9.69. The van der Waals surface area contributed by atoms with Gasteiger partial charge in [0.15, 0.2) is 0 Å². The predicted octanol–water partition coefficient (Wildman–Crippen LogP) is -0.963. The van der Waals surface area contributed by atoms with Gasteiger partial charge < -0.3 is 10.2 Å². The minimum absolute atomic E-state index is 0.794. The number of piperazine rings is 1. The lowest BCUT2D eigenvalue weighted by molar-refractivity contribution is -0.966. The number of quaternary nitrogens is 2. The molecular formula is C12H20N2+2. The molecule has 0 bridgehead atoms. The zero-order valence-corrected chi connectivity index (χ0v) is 8.87. The highest BCUT2D eigenvalue weighted by Crippen LogP contribution is 1.95. The normalized spacial score (nSPS) is 27.5. The molecule has 2 nitrogen and oxygen atoms in total. The monoisotopic (exact) mass is 192 g/mol. The fourth-order valence-electron chi connectivity index (χ4n) is 2.26. The van der Waals surface area contributed by atoms with E-state index in [0.717, 1.165) is 6.04 Å². The molecule has 2 atom stereocenters. The topological polar surface area (TPSA) is 21.1 Å². The molecule has 2 rings (SSSR count). The highest BCUT2D eigenvalue weighted by molar-refractivity contribution is 5.13. The summed E-state index contributed by atoms with van der Waals surface area (Å²) in [6.07, 6.45) is 0. The first-order valence-corrected chi connectivity index (χ1v) is 5.55. The summed E-state index contributed by atoms with van der Waals surface area (Å²) in [5, 5.41) is 2.45. The van der Waals surface area contributed by atoms with Crippen molar-refractivity contribution in [1.82, 2.24) is 0 Å². The summed E-state index contributed by atoms with van der Waals surface area (Å²) in [7, 11) is 0. The second kappa shape index (κ2) is 4.58. The molecule has 1 aromatic rings. The van der Waals surface area contributed by atoms with Gasteiger partial charge in [-0.3, -0.25) is 0 Å². The van der Waals surface area contributed by atoms with Crippen LogP contribution >= 0.6 is 0 Å². The summed E-state index contributed by atoms with van der Waals surface area (Å²) in [6.45, 7) is 7.40. The van der Waals surface area contributed by atoms with E-state index in [1.54, 1.807) is 4.90 Å². The summed E-state index contributed by atoms with van der Waals surface area (Å²) in [5.41, 5.74) is 1.47. The molecule has 3 N–H and O–H groups in total. The van der Waals surface area contributed by atoms with Crippen molar-refractivity contribution < 1.29 is 10.2 Å². The fourth-order valence-corrected chi connectivity index (χ4v) is 2.26. The van der Waals surface area contributed by atoms with Crippen molar-refractivity contribution in [3.05, 3.63) is 35.9 Å². The molecule has 0 aliphatic carbocycles. The van der Waals surface area contributed by atoms with Gasteiger partial charge in [0.2, 0.25) is 0 Å². The number of nitrogens with one attached hydrogen (secondary N) is 1. The summed E-state index contributed by atoms with van der Waals surface area (Å²) >= 11 is 0. The smallest absolute Gasteiger partial charge is 0.133 e. The maximum absolute atomic E-state index is 2.45. The largest absolute Gasteiger partial charge is 0.335 e. The Morgan fingerprint density at radius 2 is 2.14 bits per heavy atom. The SMILES string of the molecule is C[C@@H]1C[NH+](Cc2ccccc2)CC[NH2+]1. The van der Waals surface area contributed by atoms with E-state index in [2.05, 4.69) is 42.6 Å². The summed E-state index contributed by atoms with van der Waals surface area (Å²) in [4.78, 5) is 1.73. The molecule has 1 aliphatic heterocycles. The highest BCUT2D eigenvalue weighted by atomic mass is 15.2. The molecule has 0 radical (unpaired) electrons. The Bertz CT molecular complexity index is 271. The van der Waals surface area contributed by atoms with Crippen LogP contribution in [0.15, 0.2) is 30.3 Å². The van der Waals surface area contributed by atoms with Crippen LogP contribution in [0, 0.1) is 0 Å². The predicted molar refractivity (Wildman–Crippen MR) is 57.1 cm³/mol.